The number of pyridine rings is 1. The summed E-state index contributed by atoms with van der Waals surface area (Å²) in [6, 6.07) is 9.65. The fraction of sp³-hybridized carbons (Fsp3) is 0.0667. The number of aryl methyl sites for hydroxylation is 1. The molecule has 0 amide bonds. The van der Waals surface area contributed by atoms with Crippen LogP contribution in [-0.2, 0) is 0 Å². The first-order valence-corrected chi connectivity index (χ1v) is 6.54. The average Bonchev–Trinajstić information content (AvgIpc) is 2.91. The topological polar surface area (TPSA) is 56.7 Å². The van der Waals surface area contributed by atoms with Gasteiger partial charge in [0, 0.05) is 22.5 Å². The zero-order chi connectivity index (χ0) is 14.1. The molecule has 4 nitrogen and oxygen atoms in total. The second-order valence-electron chi connectivity index (χ2n) is 4.55. The lowest BCUT2D eigenvalue weighted by atomic mass is 10.2. The van der Waals surface area contributed by atoms with Crippen molar-refractivity contribution in [2.75, 3.05) is 5.73 Å². The first-order chi connectivity index (χ1) is 9.65. The monoisotopic (exact) mass is 284 g/mol. The van der Waals surface area contributed by atoms with Crippen molar-refractivity contribution in [3.63, 3.8) is 0 Å². The van der Waals surface area contributed by atoms with Gasteiger partial charge in [-0.05, 0) is 36.8 Å². The molecule has 2 heterocycles. The Hall–Kier alpha value is -2.33. The van der Waals surface area contributed by atoms with Crippen molar-refractivity contribution in [3.8, 4) is 16.9 Å². The van der Waals surface area contributed by atoms with E-state index < -0.39 is 0 Å². The highest BCUT2D eigenvalue weighted by atomic mass is 35.5. The predicted molar refractivity (Wildman–Crippen MR) is 81.0 cm³/mol. The van der Waals surface area contributed by atoms with Gasteiger partial charge in [-0.2, -0.15) is 0 Å². The minimum Gasteiger partial charge on any atom is -0.384 e. The zero-order valence-corrected chi connectivity index (χ0v) is 11.7. The Kier molecular flexibility index (Phi) is 3.16. The maximum atomic E-state index is 6.19. The largest absolute Gasteiger partial charge is 0.384 e. The highest BCUT2D eigenvalue weighted by molar-refractivity contribution is 6.31. The third-order valence-corrected chi connectivity index (χ3v) is 3.56. The molecule has 0 spiro atoms. The fourth-order valence-electron chi connectivity index (χ4n) is 2.05. The van der Waals surface area contributed by atoms with E-state index in [1.807, 2.05) is 41.8 Å². The fourth-order valence-corrected chi connectivity index (χ4v) is 2.23. The summed E-state index contributed by atoms with van der Waals surface area (Å²) >= 11 is 6.19. The molecule has 0 radical (unpaired) electrons. The molecule has 0 aliphatic heterocycles. The average molecular weight is 285 g/mol. The molecule has 0 bridgehead atoms. The van der Waals surface area contributed by atoms with Gasteiger partial charge in [-0.1, -0.05) is 17.7 Å². The smallest absolute Gasteiger partial charge is 0.123 e. The SMILES string of the molecule is Cc1ccc(-n2cncc2-c2ccnc(N)c2)cc1Cl. The van der Waals surface area contributed by atoms with Crippen molar-refractivity contribution in [1.29, 1.82) is 0 Å². The predicted octanol–water partition coefficient (Wildman–Crippen LogP) is 3.48. The maximum absolute atomic E-state index is 6.19. The van der Waals surface area contributed by atoms with E-state index in [0.29, 0.717) is 5.82 Å². The number of nitrogen functional groups attached to an aromatic ring is 1. The minimum absolute atomic E-state index is 0.484. The van der Waals surface area contributed by atoms with Crippen LogP contribution in [0.25, 0.3) is 16.9 Å². The van der Waals surface area contributed by atoms with Crippen LogP contribution in [0, 0.1) is 6.92 Å². The Morgan fingerprint density at radius 2 is 2.05 bits per heavy atom. The van der Waals surface area contributed by atoms with Gasteiger partial charge in [0.2, 0.25) is 0 Å². The number of benzene rings is 1. The molecule has 0 atom stereocenters. The van der Waals surface area contributed by atoms with Crippen LogP contribution in [0.4, 0.5) is 5.82 Å². The Morgan fingerprint density at radius 1 is 1.20 bits per heavy atom. The van der Waals surface area contributed by atoms with Crippen LogP contribution >= 0.6 is 11.6 Å². The Morgan fingerprint density at radius 3 is 2.80 bits per heavy atom. The summed E-state index contributed by atoms with van der Waals surface area (Å²) in [4.78, 5) is 8.22. The molecule has 2 N–H and O–H groups in total. The summed E-state index contributed by atoms with van der Waals surface area (Å²) in [6.45, 7) is 1.98. The van der Waals surface area contributed by atoms with Gasteiger partial charge in [0.15, 0.2) is 0 Å². The van der Waals surface area contributed by atoms with Gasteiger partial charge in [-0.15, -0.1) is 0 Å². The van der Waals surface area contributed by atoms with E-state index in [9.17, 15) is 0 Å². The summed E-state index contributed by atoms with van der Waals surface area (Å²) in [6.07, 6.45) is 5.24. The first-order valence-electron chi connectivity index (χ1n) is 6.16. The van der Waals surface area contributed by atoms with Crippen molar-refractivity contribution in [2.24, 2.45) is 0 Å². The molecule has 0 saturated carbocycles. The molecule has 0 unspecified atom stereocenters. The number of hydrogen-bond donors (Lipinski definition) is 1. The van der Waals surface area contributed by atoms with Crippen LogP contribution in [0.15, 0.2) is 49.1 Å². The van der Waals surface area contributed by atoms with E-state index in [4.69, 9.17) is 17.3 Å². The van der Waals surface area contributed by atoms with Gasteiger partial charge in [0.05, 0.1) is 18.2 Å². The van der Waals surface area contributed by atoms with Gasteiger partial charge >= 0.3 is 0 Å². The number of rotatable bonds is 2. The molecule has 20 heavy (non-hydrogen) atoms. The van der Waals surface area contributed by atoms with Gasteiger partial charge in [0.1, 0.15) is 5.82 Å². The number of nitrogens with zero attached hydrogens (tertiary/aromatic N) is 3. The summed E-state index contributed by atoms with van der Waals surface area (Å²) < 4.78 is 1.97. The number of anilines is 1. The Balaban J connectivity index is 2.12. The lowest BCUT2D eigenvalue weighted by Crippen LogP contribution is -1.97. The highest BCUT2D eigenvalue weighted by Gasteiger charge is 2.08. The molecule has 3 aromatic rings. The number of halogens is 1. The normalized spacial score (nSPS) is 10.7. The van der Waals surface area contributed by atoms with E-state index in [2.05, 4.69) is 9.97 Å². The van der Waals surface area contributed by atoms with Crippen LogP contribution in [-0.4, -0.2) is 14.5 Å². The lowest BCUT2D eigenvalue weighted by Gasteiger charge is -2.10. The second kappa shape index (κ2) is 4.98. The summed E-state index contributed by atoms with van der Waals surface area (Å²) in [7, 11) is 0. The lowest BCUT2D eigenvalue weighted by molar-refractivity contribution is 1.06. The van der Waals surface area contributed by atoms with E-state index in [1.54, 1.807) is 18.7 Å². The van der Waals surface area contributed by atoms with Crippen LogP contribution in [0.5, 0.6) is 0 Å². The molecule has 100 valence electrons. The minimum atomic E-state index is 0.484. The number of nitrogens with two attached hydrogens (primary N) is 1. The molecule has 0 aliphatic rings. The summed E-state index contributed by atoms with van der Waals surface area (Å²) in [5, 5.41) is 0.733. The van der Waals surface area contributed by atoms with Crippen LogP contribution in [0.2, 0.25) is 5.02 Å². The summed E-state index contributed by atoms with van der Waals surface area (Å²) in [5.41, 5.74) is 9.65. The van der Waals surface area contributed by atoms with Crippen LogP contribution in [0.1, 0.15) is 5.56 Å². The maximum Gasteiger partial charge on any atom is 0.123 e. The van der Waals surface area contributed by atoms with Crippen molar-refractivity contribution < 1.29 is 0 Å². The third-order valence-electron chi connectivity index (χ3n) is 3.15. The van der Waals surface area contributed by atoms with Crippen LogP contribution < -0.4 is 5.73 Å². The highest BCUT2D eigenvalue weighted by Crippen LogP contribution is 2.26. The third kappa shape index (κ3) is 2.26. The standard InChI is InChI=1S/C15H13ClN4/c1-10-2-3-12(7-13(10)16)20-9-18-8-14(20)11-4-5-19-15(17)6-11/h2-9H,1H3,(H2,17,19). The second-order valence-corrected chi connectivity index (χ2v) is 4.96. The van der Waals surface area contributed by atoms with Gasteiger partial charge < -0.3 is 5.73 Å². The molecule has 3 rings (SSSR count). The molecule has 5 heteroatoms. The van der Waals surface area contributed by atoms with Gasteiger partial charge in [-0.3, -0.25) is 4.57 Å². The molecular formula is C15H13ClN4. The molecular weight excluding hydrogens is 272 g/mol. The van der Waals surface area contributed by atoms with E-state index in [1.165, 1.54) is 0 Å². The van der Waals surface area contributed by atoms with E-state index in [0.717, 1.165) is 27.5 Å². The molecule has 0 saturated heterocycles. The quantitative estimate of drug-likeness (QED) is 0.784. The Bertz CT molecular complexity index is 764. The number of hydrogen-bond acceptors (Lipinski definition) is 3. The molecule has 1 aromatic carbocycles. The number of imidazole rings is 1. The van der Waals surface area contributed by atoms with Gasteiger partial charge in [-0.25, -0.2) is 9.97 Å². The van der Waals surface area contributed by atoms with Crippen LogP contribution in [0.3, 0.4) is 0 Å². The first kappa shape index (κ1) is 12.7. The molecule has 0 fully saturated rings. The van der Waals surface area contributed by atoms with E-state index in [-0.39, 0.29) is 0 Å². The van der Waals surface area contributed by atoms with Crippen molar-refractivity contribution >= 4 is 17.4 Å². The van der Waals surface area contributed by atoms with Crippen molar-refractivity contribution in [1.82, 2.24) is 14.5 Å². The van der Waals surface area contributed by atoms with E-state index >= 15 is 0 Å². The Labute approximate surface area is 121 Å². The van der Waals surface area contributed by atoms with Crippen molar-refractivity contribution in [2.45, 2.75) is 6.92 Å². The molecule has 2 aromatic heterocycles. The summed E-state index contributed by atoms with van der Waals surface area (Å²) in [5.74, 6) is 0.484. The van der Waals surface area contributed by atoms with Gasteiger partial charge in [0.25, 0.3) is 0 Å². The van der Waals surface area contributed by atoms with Crippen molar-refractivity contribution in [3.05, 3.63) is 59.6 Å². The zero-order valence-electron chi connectivity index (χ0n) is 10.9. The number of aromatic nitrogens is 3. The molecule has 0 aliphatic carbocycles.